The number of ether oxygens (including phenoxy) is 5. The van der Waals surface area contributed by atoms with Crippen molar-refractivity contribution in [1.29, 1.82) is 0 Å². The largest absolute Gasteiger partial charge is 0.514 e. The molecule has 1 rings (SSSR count). The smallest absolute Gasteiger partial charge is 0.477 e. The lowest BCUT2D eigenvalue weighted by Crippen LogP contribution is -2.59. The van der Waals surface area contributed by atoms with Gasteiger partial charge < -0.3 is 28.8 Å². The first-order valence-electron chi connectivity index (χ1n) is 11.4. The number of rotatable bonds is 12. The summed E-state index contributed by atoms with van der Waals surface area (Å²) in [5.41, 5.74) is -1.79. The lowest BCUT2D eigenvalue weighted by atomic mass is 10.0. The molecule has 3 atom stereocenters. The fourth-order valence-electron chi connectivity index (χ4n) is 2.85. The van der Waals surface area contributed by atoms with E-state index < -0.39 is 42.2 Å². The van der Waals surface area contributed by atoms with Crippen molar-refractivity contribution in [2.75, 3.05) is 0 Å². The van der Waals surface area contributed by atoms with Gasteiger partial charge in [0.15, 0.2) is 11.5 Å². The second-order valence-corrected chi connectivity index (χ2v) is 8.36. The van der Waals surface area contributed by atoms with Gasteiger partial charge in [-0.2, -0.15) is 0 Å². The summed E-state index contributed by atoms with van der Waals surface area (Å²) in [7, 11) is 0. The third-order valence-corrected chi connectivity index (χ3v) is 4.78. The Balaban J connectivity index is 3.37. The molecule has 0 amide bonds. The van der Waals surface area contributed by atoms with E-state index in [2.05, 4.69) is 5.32 Å². The fraction of sp³-hybridized carbons (Fsp3) is 0.583. The van der Waals surface area contributed by atoms with Crippen molar-refractivity contribution >= 4 is 24.2 Å². The Morgan fingerprint density at radius 3 is 1.86 bits per heavy atom. The van der Waals surface area contributed by atoms with Gasteiger partial charge in [0, 0.05) is 19.4 Å². The van der Waals surface area contributed by atoms with Gasteiger partial charge in [-0.3, -0.25) is 10.1 Å². The number of esters is 1. The molecule has 0 heterocycles. The van der Waals surface area contributed by atoms with E-state index in [4.69, 9.17) is 23.7 Å². The SMILES string of the molecule is CCC(C)OC(=O)Oc1ccc(C[C@](NC(C)C)(OC(C)=O)C(=O)O)cc1OC(=O)OC(C)CC. The summed E-state index contributed by atoms with van der Waals surface area (Å²) in [5, 5.41) is 12.6. The minimum atomic E-state index is -2.09. The third-order valence-electron chi connectivity index (χ3n) is 4.78. The van der Waals surface area contributed by atoms with Crippen molar-refractivity contribution in [1.82, 2.24) is 5.32 Å². The van der Waals surface area contributed by atoms with Crippen LogP contribution in [0.25, 0.3) is 0 Å². The molecule has 196 valence electrons. The summed E-state index contributed by atoms with van der Waals surface area (Å²) in [6, 6.07) is 3.70. The summed E-state index contributed by atoms with van der Waals surface area (Å²) in [5.74, 6) is -2.57. The third kappa shape index (κ3) is 9.81. The second kappa shape index (κ2) is 13.5. The van der Waals surface area contributed by atoms with Gasteiger partial charge >= 0.3 is 24.2 Å². The first-order chi connectivity index (χ1) is 16.3. The van der Waals surface area contributed by atoms with E-state index in [1.54, 1.807) is 27.7 Å². The molecule has 35 heavy (non-hydrogen) atoms. The van der Waals surface area contributed by atoms with Crippen molar-refractivity contribution in [3.8, 4) is 11.5 Å². The topological polar surface area (TPSA) is 147 Å². The van der Waals surface area contributed by atoms with Gasteiger partial charge in [0.05, 0.1) is 0 Å². The predicted molar refractivity (Wildman–Crippen MR) is 124 cm³/mol. The van der Waals surface area contributed by atoms with Gasteiger partial charge in [-0.05, 0) is 58.2 Å². The molecule has 1 aromatic rings. The molecule has 0 saturated carbocycles. The number of hydrogen-bond donors (Lipinski definition) is 2. The minimum Gasteiger partial charge on any atom is -0.477 e. The second-order valence-electron chi connectivity index (χ2n) is 8.36. The first-order valence-corrected chi connectivity index (χ1v) is 11.4. The zero-order valence-electron chi connectivity index (χ0n) is 21.2. The molecule has 0 radical (unpaired) electrons. The number of carbonyl (C=O) groups is 4. The zero-order valence-corrected chi connectivity index (χ0v) is 21.2. The van der Waals surface area contributed by atoms with Crippen LogP contribution in [0.1, 0.15) is 66.9 Å². The summed E-state index contributed by atoms with van der Waals surface area (Å²) < 4.78 is 25.8. The maximum absolute atomic E-state index is 12.2. The average molecular weight is 498 g/mol. The molecule has 11 heteroatoms. The standard InChI is InChI=1S/C24H35NO10/c1-8-15(5)31-22(29)33-19-11-10-18(12-20(19)34-23(30)32-16(6)9-2)13-24(21(27)28,25-14(3)4)35-17(7)26/h10-12,14-16,25H,8-9,13H2,1-7H3,(H,27,28)/t15?,16?,24-/m0/s1. The molecule has 0 fully saturated rings. The number of carbonyl (C=O) groups excluding carboxylic acids is 3. The highest BCUT2D eigenvalue weighted by molar-refractivity contribution is 5.81. The van der Waals surface area contributed by atoms with E-state index >= 15 is 0 Å². The highest BCUT2D eigenvalue weighted by Gasteiger charge is 2.43. The van der Waals surface area contributed by atoms with Crippen LogP contribution in [0, 0.1) is 0 Å². The molecular weight excluding hydrogens is 462 g/mol. The quantitative estimate of drug-likeness (QED) is 0.185. The molecule has 0 aliphatic rings. The monoisotopic (exact) mass is 497 g/mol. The van der Waals surface area contributed by atoms with Crippen LogP contribution in [-0.4, -0.2) is 53.3 Å². The van der Waals surface area contributed by atoms with Crippen molar-refractivity contribution < 1.29 is 48.0 Å². The van der Waals surface area contributed by atoms with Crippen LogP contribution in [0.4, 0.5) is 9.59 Å². The lowest BCUT2D eigenvalue weighted by molar-refractivity contribution is -0.182. The van der Waals surface area contributed by atoms with Crippen molar-refractivity contribution in [2.24, 2.45) is 0 Å². The molecule has 0 aliphatic carbocycles. The van der Waals surface area contributed by atoms with Crippen LogP contribution in [0.15, 0.2) is 18.2 Å². The Bertz CT molecular complexity index is 900. The molecule has 0 saturated heterocycles. The van der Waals surface area contributed by atoms with E-state index in [0.29, 0.717) is 18.4 Å². The minimum absolute atomic E-state index is 0.145. The molecule has 0 aromatic heterocycles. The van der Waals surface area contributed by atoms with Crippen LogP contribution in [-0.2, 0) is 30.2 Å². The fourth-order valence-corrected chi connectivity index (χ4v) is 2.85. The predicted octanol–water partition coefficient (Wildman–Crippen LogP) is 4.20. The molecule has 0 bridgehead atoms. The molecule has 0 aliphatic heterocycles. The van der Waals surface area contributed by atoms with Crippen molar-refractivity contribution in [3.05, 3.63) is 23.8 Å². The van der Waals surface area contributed by atoms with Crippen LogP contribution >= 0.6 is 0 Å². The van der Waals surface area contributed by atoms with Gasteiger partial charge in [0.2, 0.25) is 0 Å². The maximum Gasteiger partial charge on any atom is 0.514 e. The number of carboxylic acid groups (broad SMARTS) is 1. The Morgan fingerprint density at radius 2 is 1.43 bits per heavy atom. The maximum atomic E-state index is 12.2. The Morgan fingerprint density at radius 1 is 0.914 bits per heavy atom. The Hall–Kier alpha value is -3.34. The summed E-state index contributed by atoms with van der Waals surface area (Å²) in [6.45, 7) is 11.5. The molecule has 0 spiro atoms. The highest BCUT2D eigenvalue weighted by Crippen LogP contribution is 2.31. The van der Waals surface area contributed by atoms with Crippen LogP contribution < -0.4 is 14.8 Å². The van der Waals surface area contributed by atoms with Gasteiger partial charge in [-0.1, -0.05) is 19.9 Å². The van der Waals surface area contributed by atoms with Gasteiger partial charge in [0.1, 0.15) is 12.2 Å². The van der Waals surface area contributed by atoms with Crippen molar-refractivity contribution in [2.45, 2.75) is 91.7 Å². The zero-order chi connectivity index (χ0) is 26.8. The van der Waals surface area contributed by atoms with Crippen LogP contribution in [0.5, 0.6) is 11.5 Å². The van der Waals surface area contributed by atoms with E-state index in [9.17, 15) is 24.3 Å². The average Bonchev–Trinajstić information content (AvgIpc) is 2.73. The van der Waals surface area contributed by atoms with Gasteiger partial charge in [-0.15, -0.1) is 0 Å². The summed E-state index contributed by atoms with van der Waals surface area (Å²) in [4.78, 5) is 48.2. The molecular formula is C24H35NO10. The van der Waals surface area contributed by atoms with Crippen molar-refractivity contribution in [3.63, 3.8) is 0 Å². The molecule has 11 nitrogen and oxygen atoms in total. The number of aliphatic carboxylic acids is 1. The number of benzene rings is 1. The summed E-state index contributed by atoms with van der Waals surface area (Å²) >= 11 is 0. The van der Waals surface area contributed by atoms with Crippen LogP contribution in [0.2, 0.25) is 0 Å². The first kappa shape index (κ1) is 29.7. The number of hydrogen-bond acceptors (Lipinski definition) is 10. The normalized spacial score (nSPS) is 14.3. The number of carboxylic acids is 1. The summed E-state index contributed by atoms with van der Waals surface area (Å²) in [6.07, 6.45) is -2.09. The van der Waals surface area contributed by atoms with E-state index in [-0.39, 0.29) is 24.0 Å². The van der Waals surface area contributed by atoms with Gasteiger partial charge in [-0.25, -0.2) is 14.4 Å². The van der Waals surface area contributed by atoms with Gasteiger partial charge in [0.25, 0.3) is 5.72 Å². The number of nitrogens with one attached hydrogen (secondary N) is 1. The molecule has 2 N–H and O–H groups in total. The Labute approximate surface area is 205 Å². The van der Waals surface area contributed by atoms with E-state index in [0.717, 1.165) is 6.92 Å². The highest BCUT2D eigenvalue weighted by atomic mass is 16.7. The molecule has 1 aromatic carbocycles. The Kier molecular flexibility index (Phi) is 11.5. The van der Waals surface area contributed by atoms with E-state index in [1.807, 2.05) is 13.8 Å². The molecule has 2 unspecified atom stereocenters. The van der Waals surface area contributed by atoms with E-state index in [1.165, 1.54) is 18.2 Å². The van der Waals surface area contributed by atoms with Crippen LogP contribution in [0.3, 0.4) is 0 Å². The lowest BCUT2D eigenvalue weighted by Gasteiger charge is -2.32.